The highest BCUT2D eigenvalue weighted by atomic mass is 16.3. The second kappa shape index (κ2) is 4.83. The first kappa shape index (κ1) is 11.6. The minimum atomic E-state index is 0.389. The van der Waals surface area contributed by atoms with Gasteiger partial charge in [0.2, 0.25) is 0 Å². The highest BCUT2D eigenvalue weighted by Crippen LogP contribution is 2.25. The number of hydrogen-bond donors (Lipinski definition) is 1. The van der Waals surface area contributed by atoms with Crippen LogP contribution < -0.4 is 0 Å². The number of phenols is 1. The van der Waals surface area contributed by atoms with Gasteiger partial charge in [-0.15, -0.1) is 6.58 Å². The Bertz CT molecular complexity index is 389. The van der Waals surface area contributed by atoms with Gasteiger partial charge in [-0.05, 0) is 43.4 Å². The maximum atomic E-state index is 9.82. The minimum absolute atomic E-state index is 0.389. The van der Waals surface area contributed by atoms with E-state index >= 15 is 0 Å². The monoisotopic (exact) mass is 202 g/mol. The largest absolute Gasteiger partial charge is 0.507 e. The fourth-order valence-electron chi connectivity index (χ4n) is 1.70. The lowest BCUT2D eigenvalue weighted by Crippen LogP contribution is -1.92. The molecule has 0 amide bonds. The summed E-state index contributed by atoms with van der Waals surface area (Å²) < 4.78 is 0. The van der Waals surface area contributed by atoms with Crippen molar-refractivity contribution in [2.75, 3.05) is 0 Å². The molecule has 1 aromatic carbocycles. The molecule has 0 aliphatic heterocycles. The van der Waals surface area contributed by atoms with E-state index in [-0.39, 0.29) is 0 Å². The molecule has 1 aromatic rings. The van der Waals surface area contributed by atoms with Gasteiger partial charge in [-0.25, -0.2) is 0 Å². The smallest absolute Gasteiger partial charge is 0.122 e. The van der Waals surface area contributed by atoms with Crippen molar-refractivity contribution in [3.8, 4) is 5.75 Å². The molecule has 15 heavy (non-hydrogen) atoms. The molecule has 0 radical (unpaired) electrons. The predicted octanol–water partition coefficient (Wildman–Crippen LogP) is 3.55. The zero-order valence-electron chi connectivity index (χ0n) is 9.51. The first-order valence-corrected chi connectivity index (χ1v) is 5.11. The molecule has 1 heteroatoms. The summed E-state index contributed by atoms with van der Waals surface area (Å²) in [5.74, 6) is 0.389. The van der Waals surface area contributed by atoms with E-state index in [9.17, 15) is 5.11 Å². The summed E-state index contributed by atoms with van der Waals surface area (Å²) in [4.78, 5) is 0. The van der Waals surface area contributed by atoms with Gasteiger partial charge in [-0.2, -0.15) is 0 Å². The average molecular weight is 202 g/mol. The van der Waals surface area contributed by atoms with Crippen LogP contribution in [-0.2, 0) is 12.8 Å². The third-order valence-corrected chi connectivity index (χ3v) is 2.31. The van der Waals surface area contributed by atoms with Crippen LogP contribution in [0.15, 0.2) is 36.9 Å². The summed E-state index contributed by atoms with van der Waals surface area (Å²) in [6.45, 7) is 11.5. The van der Waals surface area contributed by atoms with Gasteiger partial charge in [0.15, 0.2) is 0 Å². The van der Waals surface area contributed by atoms with Crippen LogP contribution in [0.1, 0.15) is 23.6 Å². The predicted molar refractivity (Wildman–Crippen MR) is 65.3 cm³/mol. The molecule has 0 heterocycles. The van der Waals surface area contributed by atoms with E-state index in [0.717, 1.165) is 23.1 Å². The third-order valence-electron chi connectivity index (χ3n) is 2.31. The summed E-state index contributed by atoms with van der Waals surface area (Å²) in [5.41, 5.74) is 4.20. The van der Waals surface area contributed by atoms with Gasteiger partial charge >= 0.3 is 0 Å². The van der Waals surface area contributed by atoms with E-state index in [1.807, 2.05) is 26.0 Å². The van der Waals surface area contributed by atoms with Crippen LogP contribution in [0.5, 0.6) is 5.75 Å². The van der Waals surface area contributed by atoms with Gasteiger partial charge in [0, 0.05) is 0 Å². The van der Waals surface area contributed by atoms with E-state index in [2.05, 4.69) is 13.2 Å². The second-order valence-electron chi connectivity index (χ2n) is 4.05. The number of aryl methyl sites for hydroxylation is 1. The van der Waals surface area contributed by atoms with Crippen LogP contribution >= 0.6 is 0 Å². The Balaban J connectivity index is 3.10. The average Bonchev–Trinajstić information content (AvgIpc) is 2.12. The summed E-state index contributed by atoms with van der Waals surface area (Å²) in [5, 5.41) is 9.82. The maximum Gasteiger partial charge on any atom is 0.122 e. The van der Waals surface area contributed by atoms with Crippen molar-refractivity contribution >= 4 is 0 Å². The zero-order chi connectivity index (χ0) is 11.4. The van der Waals surface area contributed by atoms with Crippen molar-refractivity contribution in [3.05, 3.63) is 53.6 Å². The molecule has 0 bridgehead atoms. The van der Waals surface area contributed by atoms with E-state index in [1.165, 1.54) is 5.56 Å². The van der Waals surface area contributed by atoms with Gasteiger partial charge in [0.1, 0.15) is 5.75 Å². The third kappa shape index (κ3) is 2.98. The van der Waals surface area contributed by atoms with Crippen molar-refractivity contribution in [1.82, 2.24) is 0 Å². The molecule has 0 saturated carbocycles. The van der Waals surface area contributed by atoms with Gasteiger partial charge in [0.05, 0.1) is 0 Å². The van der Waals surface area contributed by atoms with E-state index in [4.69, 9.17) is 0 Å². The molecular weight excluding hydrogens is 184 g/mol. The van der Waals surface area contributed by atoms with E-state index < -0.39 is 0 Å². The lowest BCUT2D eigenvalue weighted by molar-refractivity contribution is 0.465. The molecule has 0 spiro atoms. The molecule has 1 nitrogen and oxygen atoms in total. The summed E-state index contributed by atoms with van der Waals surface area (Å²) >= 11 is 0. The Hall–Kier alpha value is -1.50. The Morgan fingerprint density at radius 2 is 2.13 bits per heavy atom. The standard InChI is InChI=1S/C14H18O/c1-5-6-13-9-12(7-10(2)3)8-11(4)14(13)15/h5,8-9,15H,1-2,6-7H2,3-4H3. The molecule has 80 valence electrons. The summed E-state index contributed by atoms with van der Waals surface area (Å²) in [6, 6.07) is 4.04. The maximum absolute atomic E-state index is 9.82. The quantitative estimate of drug-likeness (QED) is 0.740. The Morgan fingerprint density at radius 3 is 2.67 bits per heavy atom. The van der Waals surface area contributed by atoms with Crippen molar-refractivity contribution in [2.45, 2.75) is 26.7 Å². The molecule has 0 aliphatic rings. The SMILES string of the molecule is C=CCc1cc(CC(=C)C)cc(C)c1O. The zero-order valence-corrected chi connectivity index (χ0v) is 9.51. The van der Waals surface area contributed by atoms with E-state index in [1.54, 1.807) is 6.08 Å². The van der Waals surface area contributed by atoms with Crippen molar-refractivity contribution in [3.63, 3.8) is 0 Å². The van der Waals surface area contributed by atoms with Crippen LogP contribution in [0.4, 0.5) is 0 Å². The van der Waals surface area contributed by atoms with Crippen LogP contribution in [0.3, 0.4) is 0 Å². The normalized spacial score (nSPS) is 10.0. The molecule has 0 fully saturated rings. The number of aromatic hydroxyl groups is 1. The topological polar surface area (TPSA) is 20.2 Å². The Morgan fingerprint density at radius 1 is 1.47 bits per heavy atom. The molecule has 0 saturated heterocycles. The lowest BCUT2D eigenvalue weighted by atomic mass is 9.99. The van der Waals surface area contributed by atoms with Crippen LogP contribution in [0.25, 0.3) is 0 Å². The second-order valence-corrected chi connectivity index (χ2v) is 4.05. The van der Waals surface area contributed by atoms with E-state index in [0.29, 0.717) is 12.2 Å². The molecule has 1 rings (SSSR count). The number of hydrogen-bond acceptors (Lipinski definition) is 1. The van der Waals surface area contributed by atoms with Gasteiger partial charge in [-0.3, -0.25) is 0 Å². The minimum Gasteiger partial charge on any atom is -0.507 e. The van der Waals surface area contributed by atoms with Crippen molar-refractivity contribution in [2.24, 2.45) is 0 Å². The van der Waals surface area contributed by atoms with Crippen molar-refractivity contribution < 1.29 is 5.11 Å². The Kier molecular flexibility index (Phi) is 3.73. The summed E-state index contributed by atoms with van der Waals surface area (Å²) in [6.07, 6.45) is 3.38. The molecular formula is C14H18O. The van der Waals surface area contributed by atoms with Crippen LogP contribution in [-0.4, -0.2) is 5.11 Å². The number of benzene rings is 1. The molecule has 1 N–H and O–H groups in total. The van der Waals surface area contributed by atoms with Crippen molar-refractivity contribution in [1.29, 1.82) is 0 Å². The number of rotatable bonds is 4. The number of phenolic OH excluding ortho intramolecular Hbond substituents is 1. The number of allylic oxidation sites excluding steroid dienone is 2. The summed E-state index contributed by atoms with van der Waals surface area (Å²) in [7, 11) is 0. The first-order chi connectivity index (χ1) is 7.04. The van der Waals surface area contributed by atoms with Crippen LogP contribution in [0.2, 0.25) is 0 Å². The molecule has 0 unspecified atom stereocenters. The van der Waals surface area contributed by atoms with Crippen LogP contribution in [0, 0.1) is 6.92 Å². The highest BCUT2D eigenvalue weighted by molar-refractivity contribution is 5.44. The van der Waals surface area contributed by atoms with Gasteiger partial charge < -0.3 is 5.11 Å². The molecule has 0 aliphatic carbocycles. The Labute approximate surface area is 91.8 Å². The fraction of sp³-hybridized carbons (Fsp3) is 0.286. The fourth-order valence-corrected chi connectivity index (χ4v) is 1.70. The highest BCUT2D eigenvalue weighted by Gasteiger charge is 2.05. The molecule has 0 atom stereocenters. The first-order valence-electron chi connectivity index (χ1n) is 5.11. The molecule has 0 aromatic heterocycles. The van der Waals surface area contributed by atoms with Gasteiger partial charge in [0.25, 0.3) is 0 Å². The van der Waals surface area contributed by atoms with Gasteiger partial charge in [-0.1, -0.05) is 30.4 Å². The lowest BCUT2D eigenvalue weighted by Gasteiger charge is -2.09.